The second-order valence-electron chi connectivity index (χ2n) is 5.53. The number of amides is 1. The minimum Gasteiger partial charge on any atom is -0.454 e. The Morgan fingerprint density at radius 3 is 2.68 bits per heavy atom. The molecule has 2 aromatic carbocycles. The number of nitrogens with zero attached hydrogens (tertiary/aromatic N) is 1. The Balaban J connectivity index is 1.58. The number of carbonyl (C=O) groups excluding carboxylic acids is 1. The lowest BCUT2D eigenvalue weighted by atomic mass is 10.2. The number of halogens is 1. The Labute approximate surface area is 158 Å². The van der Waals surface area contributed by atoms with Gasteiger partial charge in [-0.2, -0.15) is 5.10 Å². The summed E-state index contributed by atoms with van der Waals surface area (Å²) in [6.07, 6.45) is 1.58. The van der Waals surface area contributed by atoms with Crippen molar-refractivity contribution in [3.8, 4) is 11.5 Å². The summed E-state index contributed by atoms with van der Waals surface area (Å²) in [5.41, 5.74) is 4.56. The molecule has 0 unspecified atom stereocenters. The Kier molecular flexibility index (Phi) is 5.65. The van der Waals surface area contributed by atoms with Crippen LogP contribution in [0.1, 0.15) is 18.1 Å². The van der Waals surface area contributed by atoms with E-state index in [0.29, 0.717) is 11.5 Å². The van der Waals surface area contributed by atoms with Crippen LogP contribution in [0.15, 0.2) is 50.9 Å². The van der Waals surface area contributed by atoms with Crippen molar-refractivity contribution in [3.05, 3.63) is 52.0 Å². The van der Waals surface area contributed by atoms with E-state index < -0.39 is 0 Å². The van der Waals surface area contributed by atoms with Crippen LogP contribution in [-0.2, 0) is 4.79 Å². The molecule has 3 rings (SSSR count). The third kappa shape index (κ3) is 4.55. The first-order chi connectivity index (χ1) is 12.0. The zero-order chi connectivity index (χ0) is 17.8. The molecule has 1 heterocycles. The van der Waals surface area contributed by atoms with E-state index in [9.17, 15) is 4.79 Å². The summed E-state index contributed by atoms with van der Waals surface area (Å²) in [5, 5.41) is 3.79. The molecular formula is C18H17BrN2O3S. The number of nitrogens with one attached hydrogen (secondary N) is 1. The zero-order valence-corrected chi connectivity index (χ0v) is 16.2. The Morgan fingerprint density at radius 2 is 1.96 bits per heavy atom. The molecule has 0 aromatic heterocycles. The summed E-state index contributed by atoms with van der Waals surface area (Å²) < 4.78 is 11.5. The van der Waals surface area contributed by atoms with Crippen LogP contribution in [0.3, 0.4) is 0 Å². The number of aryl methyl sites for hydroxylation is 1. The van der Waals surface area contributed by atoms with E-state index >= 15 is 0 Å². The van der Waals surface area contributed by atoms with Crippen molar-refractivity contribution in [2.24, 2.45) is 5.10 Å². The molecule has 0 saturated heterocycles. The van der Waals surface area contributed by atoms with Gasteiger partial charge in [-0.15, -0.1) is 11.8 Å². The maximum Gasteiger partial charge on any atom is 0.253 e. The van der Waals surface area contributed by atoms with E-state index in [1.54, 1.807) is 6.21 Å². The summed E-state index contributed by atoms with van der Waals surface area (Å²) in [5.74, 6) is 1.20. The number of hydrazone groups is 1. The lowest BCUT2D eigenvalue weighted by Crippen LogP contribution is -2.26. The number of benzene rings is 2. The topological polar surface area (TPSA) is 59.9 Å². The highest BCUT2D eigenvalue weighted by molar-refractivity contribution is 9.10. The van der Waals surface area contributed by atoms with Gasteiger partial charge in [0.1, 0.15) is 0 Å². The van der Waals surface area contributed by atoms with Crippen molar-refractivity contribution in [1.29, 1.82) is 0 Å². The molecule has 0 aliphatic carbocycles. The second-order valence-corrected chi connectivity index (χ2v) is 7.80. The lowest BCUT2D eigenvalue weighted by molar-refractivity contribution is -0.120. The highest BCUT2D eigenvalue weighted by Crippen LogP contribution is 2.36. The second kappa shape index (κ2) is 7.93. The maximum absolute atomic E-state index is 12.2. The average molecular weight is 421 g/mol. The van der Waals surface area contributed by atoms with E-state index in [-0.39, 0.29) is 18.0 Å². The molecule has 1 aliphatic heterocycles. The first kappa shape index (κ1) is 17.8. The minimum atomic E-state index is -0.250. The monoisotopic (exact) mass is 420 g/mol. The molecule has 0 fully saturated rings. The standard InChI is InChI=1S/C18H17BrN2O3S/c1-11-3-5-14(6-4-11)25-12(2)18(22)21-20-9-13-7-16-17(8-15(13)19)24-10-23-16/h3-9,12H,10H2,1-2H3,(H,21,22)/b20-9-/t12-/m1/s1. The fraction of sp³-hybridized carbons (Fsp3) is 0.222. The highest BCUT2D eigenvalue weighted by atomic mass is 79.9. The molecule has 7 heteroatoms. The van der Waals surface area contributed by atoms with Gasteiger partial charge in [-0.1, -0.05) is 17.7 Å². The van der Waals surface area contributed by atoms with Gasteiger partial charge < -0.3 is 9.47 Å². The van der Waals surface area contributed by atoms with Crippen LogP contribution in [0.5, 0.6) is 11.5 Å². The molecule has 1 atom stereocenters. The number of hydrogen-bond acceptors (Lipinski definition) is 5. The zero-order valence-electron chi connectivity index (χ0n) is 13.8. The molecule has 0 saturated carbocycles. The maximum atomic E-state index is 12.2. The van der Waals surface area contributed by atoms with E-state index in [0.717, 1.165) is 14.9 Å². The van der Waals surface area contributed by atoms with Gasteiger partial charge in [-0.05, 0) is 54.0 Å². The number of rotatable bonds is 5. The van der Waals surface area contributed by atoms with Gasteiger partial charge >= 0.3 is 0 Å². The molecule has 0 bridgehead atoms. The van der Waals surface area contributed by atoms with Crippen LogP contribution in [-0.4, -0.2) is 24.2 Å². The molecule has 130 valence electrons. The molecule has 2 aromatic rings. The van der Waals surface area contributed by atoms with Gasteiger partial charge in [0.05, 0.1) is 11.5 Å². The number of fused-ring (bicyclic) bond motifs is 1. The molecule has 0 radical (unpaired) electrons. The van der Waals surface area contributed by atoms with Gasteiger partial charge in [0.15, 0.2) is 11.5 Å². The summed E-state index contributed by atoms with van der Waals surface area (Å²) in [6, 6.07) is 11.7. The van der Waals surface area contributed by atoms with Crippen molar-refractivity contribution in [2.45, 2.75) is 24.0 Å². The summed E-state index contributed by atoms with van der Waals surface area (Å²) in [4.78, 5) is 13.2. The van der Waals surface area contributed by atoms with Crippen molar-refractivity contribution in [2.75, 3.05) is 6.79 Å². The number of carbonyl (C=O) groups is 1. The predicted molar refractivity (Wildman–Crippen MR) is 102 cm³/mol. The third-order valence-corrected chi connectivity index (χ3v) is 5.37. The van der Waals surface area contributed by atoms with Crippen molar-refractivity contribution < 1.29 is 14.3 Å². The first-order valence-electron chi connectivity index (χ1n) is 7.68. The van der Waals surface area contributed by atoms with Gasteiger partial charge in [-0.25, -0.2) is 5.43 Å². The first-order valence-corrected chi connectivity index (χ1v) is 9.35. The molecule has 1 amide bonds. The molecule has 25 heavy (non-hydrogen) atoms. The summed E-state index contributed by atoms with van der Waals surface area (Å²) in [7, 11) is 0. The van der Waals surface area contributed by atoms with Crippen molar-refractivity contribution in [3.63, 3.8) is 0 Å². The predicted octanol–water partition coefficient (Wildman–Crippen LogP) is 4.12. The van der Waals surface area contributed by atoms with Crippen molar-refractivity contribution in [1.82, 2.24) is 5.43 Å². The summed E-state index contributed by atoms with van der Waals surface area (Å²) >= 11 is 4.95. The molecule has 1 N–H and O–H groups in total. The van der Waals surface area contributed by atoms with Crippen LogP contribution in [0, 0.1) is 6.92 Å². The number of ether oxygens (including phenoxy) is 2. The van der Waals surface area contributed by atoms with Crippen LogP contribution in [0.2, 0.25) is 0 Å². The summed E-state index contributed by atoms with van der Waals surface area (Å²) in [6.45, 7) is 4.10. The quantitative estimate of drug-likeness (QED) is 0.448. The lowest BCUT2D eigenvalue weighted by Gasteiger charge is -2.09. The Hall–Kier alpha value is -1.99. The van der Waals surface area contributed by atoms with Gasteiger partial charge in [-0.3, -0.25) is 4.79 Å². The van der Waals surface area contributed by atoms with E-state index in [1.807, 2.05) is 50.2 Å². The Bertz CT molecular complexity index is 809. The van der Waals surface area contributed by atoms with Crippen LogP contribution in [0.4, 0.5) is 0 Å². The van der Waals surface area contributed by atoms with Crippen LogP contribution < -0.4 is 14.9 Å². The van der Waals surface area contributed by atoms with Gasteiger partial charge in [0.25, 0.3) is 5.91 Å². The fourth-order valence-electron chi connectivity index (χ4n) is 2.16. The van der Waals surface area contributed by atoms with Gasteiger partial charge in [0, 0.05) is 14.9 Å². The average Bonchev–Trinajstić information content (AvgIpc) is 3.04. The Morgan fingerprint density at radius 1 is 1.28 bits per heavy atom. The molecule has 0 spiro atoms. The smallest absolute Gasteiger partial charge is 0.253 e. The number of hydrogen-bond donors (Lipinski definition) is 1. The van der Waals surface area contributed by atoms with E-state index in [1.165, 1.54) is 17.3 Å². The van der Waals surface area contributed by atoms with Crippen LogP contribution >= 0.6 is 27.7 Å². The number of thioether (sulfide) groups is 1. The SMILES string of the molecule is Cc1ccc(S[C@H](C)C(=O)N/N=C\c2cc3c(cc2Br)OCO3)cc1. The highest BCUT2D eigenvalue weighted by Gasteiger charge is 2.16. The van der Waals surface area contributed by atoms with Crippen molar-refractivity contribution >= 4 is 39.8 Å². The van der Waals surface area contributed by atoms with E-state index in [4.69, 9.17) is 9.47 Å². The normalized spacial score (nSPS) is 13.9. The fourth-order valence-corrected chi connectivity index (χ4v) is 3.45. The third-order valence-electron chi connectivity index (χ3n) is 3.57. The van der Waals surface area contributed by atoms with E-state index in [2.05, 4.69) is 26.5 Å². The molecule has 1 aliphatic rings. The van der Waals surface area contributed by atoms with Crippen LogP contribution in [0.25, 0.3) is 0 Å². The molecule has 5 nitrogen and oxygen atoms in total. The van der Waals surface area contributed by atoms with Gasteiger partial charge in [0.2, 0.25) is 6.79 Å². The molecular weight excluding hydrogens is 404 g/mol. The minimum absolute atomic E-state index is 0.154. The largest absolute Gasteiger partial charge is 0.454 e.